The van der Waals surface area contributed by atoms with Crippen molar-refractivity contribution in [2.75, 3.05) is 0 Å². The van der Waals surface area contributed by atoms with Gasteiger partial charge in [0, 0.05) is 0 Å². The molecule has 2 aliphatic carbocycles. The zero-order valence-electron chi connectivity index (χ0n) is 22.4. The Labute approximate surface area is 228 Å². The van der Waals surface area contributed by atoms with Gasteiger partial charge in [0.1, 0.15) is 0 Å². The smallest absolute Gasteiger partial charge is 0.109 e. The molecule has 0 atom stereocenters. The number of allylic oxidation sites excluding steroid dienone is 4. The summed E-state index contributed by atoms with van der Waals surface area (Å²) in [7, 11) is 0. The van der Waals surface area contributed by atoms with Crippen molar-refractivity contribution in [3.8, 4) is 11.1 Å². The minimum Gasteiger partial charge on any atom is -0.273 e. The standard InChI is InChI=1S/C21H25.C8H8.C5H5.Hf/c1-20(2,3)16-7-9-18-14(12-16)11-15-13-17(21(4,5)6)8-10-19(15)18;1-2-8-6-4-3-5-7-8;1-2-4-5-3-1;/h7-10,12H,11H2,1-6H3;3-7H,1H3;1-3H,4H2;/q-1;;-1;+2. The number of benzene rings is 3. The molecule has 35 heavy (non-hydrogen) atoms. The van der Waals surface area contributed by atoms with Gasteiger partial charge in [0.25, 0.3) is 0 Å². The van der Waals surface area contributed by atoms with Gasteiger partial charge < -0.3 is 0 Å². The first-order chi connectivity index (χ1) is 16.5. The van der Waals surface area contributed by atoms with E-state index in [-0.39, 0.29) is 10.8 Å². The molecule has 0 heterocycles. The SMILES string of the molecule is CC(C)(C)c1[c-]c2c(cc1)-c1ccc(C(C)(C)C)cc1C2.C[C](=[Hf+2])c1ccccc1.[C-]1=CC=CC1. The normalized spacial score (nSPS) is 13.3. The average Bonchev–Trinajstić information content (AvgIpc) is 3.49. The van der Waals surface area contributed by atoms with Crippen LogP contribution in [-0.4, -0.2) is 3.26 Å². The number of fused-ring (bicyclic) bond motifs is 3. The van der Waals surface area contributed by atoms with Crippen molar-refractivity contribution in [1.82, 2.24) is 0 Å². The van der Waals surface area contributed by atoms with E-state index in [0.717, 1.165) is 12.8 Å². The molecule has 0 fully saturated rings. The van der Waals surface area contributed by atoms with Gasteiger partial charge in [0.15, 0.2) is 0 Å². The number of hydrogen-bond donors (Lipinski definition) is 0. The largest absolute Gasteiger partial charge is 0.273 e. The topological polar surface area (TPSA) is 0 Å². The molecule has 0 spiro atoms. The van der Waals surface area contributed by atoms with E-state index in [1.165, 1.54) is 66.1 Å². The Morgan fingerprint density at radius 1 is 0.829 bits per heavy atom. The zero-order chi connectivity index (χ0) is 25.6. The first-order valence-corrected chi connectivity index (χ1v) is 14.3. The van der Waals surface area contributed by atoms with Gasteiger partial charge in [0.05, 0.1) is 0 Å². The molecule has 3 aromatic rings. The second kappa shape index (κ2) is 11.7. The maximum absolute atomic E-state index is 3.67. The maximum Gasteiger partial charge on any atom is -0.109 e. The van der Waals surface area contributed by atoms with Crippen LogP contribution in [0.2, 0.25) is 0 Å². The van der Waals surface area contributed by atoms with Crippen LogP contribution in [0.25, 0.3) is 11.1 Å². The Balaban J connectivity index is 0.000000199. The van der Waals surface area contributed by atoms with Crippen LogP contribution in [0.1, 0.15) is 82.7 Å². The third-order valence-electron chi connectivity index (χ3n) is 6.26. The van der Waals surface area contributed by atoms with Gasteiger partial charge in [-0.05, 0) is 28.4 Å². The van der Waals surface area contributed by atoms with E-state index in [4.69, 9.17) is 0 Å². The summed E-state index contributed by atoms with van der Waals surface area (Å²) in [5.74, 6) is 0. The van der Waals surface area contributed by atoms with Crippen LogP contribution in [0.15, 0.2) is 78.9 Å². The fourth-order valence-electron chi connectivity index (χ4n) is 4.06. The molecule has 1 heteroatoms. The monoisotopic (exact) mass is 626 g/mol. The Kier molecular flexibility index (Phi) is 9.22. The summed E-state index contributed by atoms with van der Waals surface area (Å²) in [5.41, 5.74) is 10.1. The van der Waals surface area contributed by atoms with Crippen molar-refractivity contribution >= 4 is 3.26 Å². The van der Waals surface area contributed by atoms with Crippen molar-refractivity contribution in [1.29, 1.82) is 0 Å². The Bertz CT molecular complexity index is 1140. The predicted molar refractivity (Wildman–Crippen MR) is 149 cm³/mol. The summed E-state index contributed by atoms with van der Waals surface area (Å²) in [6.07, 6.45) is 11.0. The van der Waals surface area contributed by atoms with E-state index in [2.05, 4.69) is 121 Å². The molecule has 0 unspecified atom stereocenters. The molecular formula is C34H38Hf. The summed E-state index contributed by atoms with van der Waals surface area (Å²) in [4.78, 5) is 0. The molecule has 0 saturated heterocycles. The minimum absolute atomic E-state index is 0.167. The van der Waals surface area contributed by atoms with Crippen molar-refractivity contribution in [2.24, 2.45) is 0 Å². The molecule has 0 radical (unpaired) electrons. The third-order valence-corrected chi connectivity index (χ3v) is 7.29. The summed E-state index contributed by atoms with van der Waals surface area (Å²) in [6, 6.07) is 25.7. The molecule has 0 saturated carbocycles. The first kappa shape index (κ1) is 27.5. The van der Waals surface area contributed by atoms with Gasteiger partial charge in [0.2, 0.25) is 0 Å². The Hall–Kier alpha value is -2.12. The Morgan fingerprint density at radius 2 is 1.51 bits per heavy atom. The molecule has 0 N–H and O–H groups in total. The van der Waals surface area contributed by atoms with Gasteiger partial charge in [-0.3, -0.25) is 6.08 Å². The first-order valence-electron chi connectivity index (χ1n) is 12.5. The van der Waals surface area contributed by atoms with Gasteiger partial charge >= 0.3 is 70.0 Å². The van der Waals surface area contributed by atoms with Gasteiger partial charge in [-0.15, -0.1) is 17.5 Å². The maximum atomic E-state index is 3.67. The van der Waals surface area contributed by atoms with Crippen molar-refractivity contribution in [3.05, 3.63) is 119 Å². The summed E-state index contributed by atoms with van der Waals surface area (Å²) < 4.78 is 1.51. The molecule has 178 valence electrons. The molecule has 5 rings (SSSR count). The van der Waals surface area contributed by atoms with Gasteiger partial charge in [-0.25, -0.2) is 12.2 Å². The van der Waals surface area contributed by atoms with E-state index in [1.807, 2.05) is 18.2 Å². The van der Waals surface area contributed by atoms with E-state index < -0.39 is 0 Å². The van der Waals surface area contributed by atoms with Crippen LogP contribution in [0.5, 0.6) is 0 Å². The van der Waals surface area contributed by atoms with Crippen LogP contribution in [0.3, 0.4) is 0 Å². The van der Waals surface area contributed by atoms with Crippen LogP contribution < -0.4 is 0 Å². The average molecular weight is 625 g/mol. The van der Waals surface area contributed by atoms with E-state index in [1.54, 1.807) is 0 Å². The van der Waals surface area contributed by atoms with Crippen molar-refractivity contribution in [3.63, 3.8) is 0 Å². The molecule has 0 aromatic heterocycles. The van der Waals surface area contributed by atoms with Crippen LogP contribution in [0.4, 0.5) is 0 Å². The van der Waals surface area contributed by atoms with Crippen LogP contribution in [0, 0.1) is 12.1 Å². The van der Waals surface area contributed by atoms with Crippen molar-refractivity contribution in [2.45, 2.75) is 72.1 Å². The Morgan fingerprint density at radius 3 is 2.00 bits per heavy atom. The fraction of sp³-hybridized carbons (Fsp3) is 0.324. The fourth-order valence-corrected chi connectivity index (χ4v) is 4.65. The molecule has 2 aliphatic rings. The summed E-state index contributed by atoms with van der Waals surface area (Å²) >= 11 is 1.17. The van der Waals surface area contributed by atoms with E-state index >= 15 is 0 Å². The summed E-state index contributed by atoms with van der Waals surface area (Å²) in [5, 5.41) is 0. The number of rotatable bonds is 1. The van der Waals surface area contributed by atoms with E-state index in [9.17, 15) is 0 Å². The molecule has 0 bridgehead atoms. The van der Waals surface area contributed by atoms with Crippen LogP contribution >= 0.6 is 0 Å². The zero-order valence-corrected chi connectivity index (χ0v) is 26.0. The van der Waals surface area contributed by atoms with Crippen molar-refractivity contribution < 1.29 is 23.9 Å². The van der Waals surface area contributed by atoms with Gasteiger partial charge in [-0.2, -0.15) is 29.8 Å². The second-order valence-electron chi connectivity index (χ2n) is 11.3. The molecule has 0 aliphatic heterocycles. The number of hydrogen-bond acceptors (Lipinski definition) is 0. The quantitative estimate of drug-likeness (QED) is 0.147. The molecular weight excluding hydrogens is 587 g/mol. The molecule has 0 amide bonds. The molecule has 0 nitrogen and oxygen atoms in total. The minimum atomic E-state index is 0.167. The molecule has 3 aromatic carbocycles. The van der Waals surface area contributed by atoms with Crippen LogP contribution in [-0.2, 0) is 41.1 Å². The second-order valence-corrected chi connectivity index (χ2v) is 14.0. The van der Waals surface area contributed by atoms with E-state index in [0.29, 0.717) is 0 Å². The predicted octanol–water partition coefficient (Wildman–Crippen LogP) is 8.73. The third kappa shape index (κ3) is 7.68. The summed E-state index contributed by atoms with van der Waals surface area (Å²) in [6.45, 7) is 15.8. The van der Waals surface area contributed by atoms with Gasteiger partial charge in [-0.1, -0.05) is 65.3 Å².